The number of hydrogen-bond acceptors (Lipinski definition) is 3. The first-order valence-corrected chi connectivity index (χ1v) is 6.16. The fourth-order valence-electron chi connectivity index (χ4n) is 2.36. The van der Waals surface area contributed by atoms with E-state index in [2.05, 4.69) is 29.4 Å². The molecule has 1 aliphatic heterocycles. The number of nitrogens with one attached hydrogen (secondary N) is 1. The Labute approximate surface area is 103 Å². The van der Waals surface area contributed by atoms with Crippen molar-refractivity contribution in [1.29, 1.82) is 5.26 Å². The van der Waals surface area contributed by atoms with Crippen LogP contribution in [0.3, 0.4) is 0 Å². The van der Waals surface area contributed by atoms with Crippen molar-refractivity contribution in [3.63, 3.8) is 0 Å². The van der Waals surface area contributed by atoms with E-state index in [0.29, 0.717) is 6.04 Å². The molecule has 0 aromatic heterocycles. The van der Waals surface area contributed by atoms with Gasteiger partial charge < -0.3 is 10.2 Å². The van der Waals surface area contributed by atoms with Crippen molar-refractivity contribution in [3.8, 4) is 6.07 Å². The molecule has 1 saturated heterocycles. The second kappa shape index (κ2) is 5.20. The fraction of sp³-hybridized carbons (Fsp3) is 0.500. The van der Waals surface area contributed by atoms with Gasteiger partial charge in [-0.1, -0.05) is 0 Å². The Balaban J connectivity index is 2.06. The number of likely N-dealkylation sites (N-methyl/N-ethyl adjacent to an activating group) is 1. The van der Waals surface area contributed by atoms with Gasteiger partial charge in [0.25, 0.3) is 0 Å². The van der Waals surface area contributed by atoms with Crippen LogP contribution in [0.5, 0.6) is 0 Å². The Morgan fingerprint density at radius 3 is 2.94 bits per heavy atom. The number of hydrogen-bond donors (Lipinski definition) is 1. The Hall–Kier alpha value is -1.53. The molecule has 1 fully saturated rings. The van der Waals surface area contributed by atoms with Crippen LogP contribution in [0.1, 0.15) is 24.0 Å². The monoisotopic (exact) mass is 229 g/mol. The van der Waals surface area contributed by atoms with E-state index in [0.717, 1.165) is 24.2 Å². The summed E-state index contributed by atoms with van der Waals surface area (Å²) in [6, 6.07) is 8.84. The summed E-state index contributed by atoms with van der Waals surface area (Å²) in [5, 5.41) is 12.4. The average molecular weight is 229 g/mol. The van der Waals surface area contributed by atoms with Crippen LogP contribution in [0.15, 0.2) is 18.2 Å². The van der Waals surface area contributed by atoms with Gasteiger partial charge in [0.1, 0.15) is 0 Å². The van der Waals surface area contributed by atoms with Crippen LogP contribution in [0.4, 0.5) is 5.69 Å². The number of anilines is 1. The lowest BCUT2D eigenvalue weighted by molar-refractivity contribution is 0.600. The number of benzene rings is 1. The predicted octanol–water partition coefficient (Wildman–Crippen LogP) is 2.05. The van der Waals surface area contributed by atoms with Crippen LogP contribution in [-0.2, 0) is 0 Å². The first-order valence-electron chi connectivity index (χ1n) is 6.16. The second-order valence-corrected chi connectivity index (χ2v) is 4.78. The van der Waals surface area contributed by atoms with Crippen LogP contribution in [0, 0.1) is 18.3 Å². The van der Waals surface area contributed by atoms with Gasteiger partial charge in [0.05, 0.1) is 11.6 Å². The second-order valence-electron chi connectivity index (χ2n) is 4.78. The van der Waals surface area contributed by atoms with Gasteiger partial charge in [0, 0.05) is 25.3 Å². The molecule has 1 atom stereocenters. The molecule has 1 aromatic rings. The van der Waals surface area contributed by atoms with Crippen molar-refractivity contribution >= 4 is 5.69 Å². The zero-order valence-electron chi connectivity index (χ0n) is 10.5. The number of rotatable bonds is 3. The van der Waals surface area contributed by atoms with Gasteiger partial charge in [-0.15, -0.1) is 0 Å². The highest BCUT2D eigenvalue weighted by molar-refractivity contribution is 5.53. The maximum atomic E-state index is 8.90. The van der Waals surface area contributed by atoms with Crippen molar-refractivity contribution in [2.45, 2.75) is 25.8 Å². The lowest BCUT2D eigenvalue weighted by Gasteiger charge is -2.23. The van der Waals surface area contributed by atoms with E-state index in [1.54, 1.807) is 0 Å². The van der Waals surface area contributed by atoms with Gasteiger partial charge in [-0.3, -0.25) is 0 Å². The zero-order chi connectivity index (χ0) is 12.3. The first-order chi connectivity index (χ1) is 8.20. The summed E-state index contributed by atoms with van der Waals surface area (Å²) in [7, 11) is 2.11. The van der Waals surface area contributed by atoms with Crippen molar-refractivity contribution in [3.05, 3.63) is 29.3 Å². The van der Waals surface area contributed by atoms with Crippen molar-refractivity contribution in [2.24, 2.45) is 0 Å². The standard InChI is InChI=1S/C14H19N3/c1-11-8-14(6-5-12(11)9-15)17(2)10-13-4-3-7-16-13/h5-6,8,13,16H,3-4,7,10H2,1-2H3. The molecule has 1 unspecified atom stereocenters. The third kappa shape index (κ3) is 2.78. The van der Waals surface area contributed by atoms with Crippen LogP contribution in [-0.4, -0.2) is 26.2 Å². The minimum atomic E-state index is 0.607. The first kappa shape index (κ1) is 11.9. The molecule has 0 amide bonds. The maximum Gasteiger partial charge on any atom is 0.0994 e. The van der Waals surface area contributed by atoms with E-state index in [4.69, 9.17) is 5.26 Å². The molecule has 1 aliphatic rings. The van der Waals surface area contributed by atoms with E-state index in [1.165, 1.54) is 18.5 Å². The topological polar surface area (TPSA) is 39.1 Å². The number of nitriles is 1. The minimum Gasteiger partial charge on any atom is -0.373 e. The largest absolute Gasteiger partial charge is 0.373 e. The third-order valence-corrected chi connectivity index (χ3v) is 3.43. The number of nitrogens with zero attached hydrogens (tertiary/aromatic N) is 2. The van der Waals surface area contributed by atoms with Crippen LogP contribution < -0.4 is 10.2 Å². The molecule has 90 valence electrons. The highest BCUT2D eigenvalue weighted by Gasteiger charge is 2.16. The van der Waals surface area contributed by atoms with E-state index < -0.39 is 0 Å². The summed E-state index contributed by atoms with van der Waals surface area (Å²) in [6.45, 7) is 4.17. The van der Waals surface area contributed by atoms with Gasteiger partial charge in [-0.25, -0.2) is 0 Å². The molecule has 3 heteroatoms. The molecular weight excluding hydrogens is 210 g/mol. The van der Waals surface area contributed by atoms with Crippen LogP contribution >= 0.6 is 0 Å². The SMILES string of the molecule is Cc1cc(N(C)CC2CCCN2)ccc1C#N. The van der Waals surface area contributed by atoms with Crippen molar-refractivity contribution < 1.29 is 0 Å². The Bertz CT molecular complexity index is 428. The summed E-state index contributed by atoms with van der Waals surface area (Å²) in [5.74, 6) is 0. The molecule has 1 heterocycles. The summed E-state index contributed by atoms with van der Waals surface area (Å²) in [6.07, 6.45) is 2.55. The lowest BCUT2D eigenvalue weighted by atomic mass is 10.1. The Morgan fingerprint density at radius 1 is 1.53 bits per heavy atom. The molecular formula is C14H19N3. The molecule has 1 N–H and O–H groups in total. The maximum absolute atomic E-state index is 8.90. The van der Waals surface area contributed by atoms with Gasteiger partial charge in [0.2, 0.25) is 0 Å². The summed E-state index contributed by atoms with van der Waals surface area (Å²) in [4.78, 5) is 2.26. The normalized spacial score (nSPS) is 19.0. The molecule has 0 bridgehead atoms. The molecule has 2 rings (SSSR count). The van der Waals surface area contributed by atoms with E-state index >= 15 is 0 Å². The number of aryl methyl sites for hydroxylation is 1. The van der Waals surface area contributed by atoms with Crippen molar-refractivity contribution in [1.82, 2.24) is 5.32 Å². The van der Waals surface area contributed by atoms with Crippen molar-refractivity contribution in [2.75, 3.05) is 25.0 Å². The molecule has 0 radical (unpaired) electrons. The van der Waals surface area contributed by atoms with Gasteiger partial charge >= 0.3 is 0 Å². The molecule has 3 nitrogen and oxygen atoms in total. The lowest BCUT2D eigenvalue weighted by Crippen LogP contribution is -2.35. The average Bonchev–Trinajstić information content (AvgIpc) is 2.81. The molecule has 17 heavy (non-hydrogen) atoms. The Morgan fingerprint density at radius 2 is 2.35 bits per heavy atom. The summed E-state index contributed by atoms with van der Waals surface area (Å²) >= 11 is 0. The zero-order valence-corrected chi connectivity index (χ0v) is 10.5. The molecule has 0 aliphatic carbocycles. The highest BCUT2D eigenvalue weighted by atomic mass is 15.1. The third-order valence-electron chi connectivity index (χ3n) is 3.43. The quantitative estimate of drug-likeness (QED) is 0.862. The Kier molecular flexibility index (Phi) is 3.65. The van der Waals surface area contributed by atoms with Crippen LogP contribution in [0.2, 0.25) is 0 Å². The smallest absolute Gasteiger partial charge is 0.0994 e. The van der Waals surface area contributed by atoms with E-state index in [-0.39, 0.29) is 0 Å². The van der Waals surface area contributed by atoms with Gasteiger partial charge in [-0.05, 0) is 50.1 Å². The van der Waals surface area contributed by atoms with E-state index in [1.807, 2.05) is 19.1 Å². The highest BCUT2D eigenvalue weighted by Crippen LogP contribution is 2.19. The van der Waals surface area contributed by atoms with E-state index in [9.17, 15) is 0 Å². The summed E-state index contributed by atoms with van der Waals surface area (Å²) < 4.78 is 0. The van der Waals surface area contributed by atoms with Gasteiger partial charge in [-0.2, -0.15) is 5.26 Å². The summed E-state index contributed by atoms with van der Waals surface area (Å²) in [5.41, 5.74) is 3.01. The molecule has 0 saturated carbocycles. The van der Waals surface area contributed by atoms with Gasteiger partial charge in [0.15, 0.2) is 0 Å². The molecule has 0 spiro atoms. The minimum absolute atomic E-state index is 0.607. The van der Waals surface area contributed by atoms with Crippen LogP contribution in [0.25, 0.3) is 0 Å². The fourth-order valence-corrected chi connectivity index (χ4v) is 2.36. The predicted molar refractivity (Wildman–Crippen MR) is 70.2 cm³/mol. The molecule has 1 aromatic carbocycles.